The highest BCUT2D eigenvalue weighted by molar-refractivity contribution is 7.92. The van der Waals surface area contributed by atoms with Crippen molar-refractivity contribution in [1.29, 1.82) is 0 Å². The molecule has 0 spiro atoms. The summed E-state index contributed by atoms with van der Waals surface area (Å²) in [5, 5.41) is 2.60. The molecule has 8 heteroatoms. The van der Waals surface area contributed by atoms with Crippen molar-refractivity contribution in [3.05, 3.63) is 96.1 Å². The first-order valence-corrected chi connectivity index (χ1v) is 10.7. The van der Waals surface area contributed by atoms with Crippen molar-refractivity contribution in [2.24, 2.45) is 5.73 Å². The highest BCUT2D eigenvalue weighted by Gasteiger charge is 2.20. The molecular formula is C22H21N3O4S. The maximum Gasteiger partial charge on any atom is 0.261 e. The number of nitrogens with two attached hydrogens (primary N) is 1. The zero-order chi connectivity index (χ0) is 21.6. The number of hydrogen-bond acceptors (Lipinski definition) is 4. The molecule has 30 heavy (non-hydrogen) atoms. The topological polar surface area (TPSA) is 118 Å². The second-order valence-corrected chi connectivity index (χ2v) is 8.30. The summed E-state index contributed by atoms with van der Waals surface area (Å²) in [7, 11) is -3.79. The van der Waals surface area contributed by atoms with Gasteiger partial charge in [0.05, 0.1) is 4.90 Å². The van der Waals surface area contributed by atoms with E-state index in [1.165, 1.54) is 24.3 Å². The van der Waals surface area contributed by atoms with E-state index in [4.69, 9.17) is 5.73 Å². The molecule has 154 valence electrons. The van der Waals surface area contributed by atoms with Crippen LogP contribution in [0.2, 0.25) is 0 Å². The fourth-order valence-corrected chi connectivity index (χ4v) is 3.88. The Labute approximate surface area is 175 Å². The molecule has 0 radical (unpaired) electrons. The Hall–Kier alpha value is -3.65. The summed E-state index contributed by atoms with van der Waals surface area (Å²) < 4.78 is 27.4. The molecule has 3 rings (SSSR count). The lowest BCUT2D eigenvalue weighted by molar-refractivity contribution is -0.119. The first kappa shape index (κ1) is 21.1. The molecule has 0 aliphatic heterocycles. The average Bonchev–Trinajstić information content (AvgIpc) is 2.74. The van der Waals surface area contributed by atoms with Crippen LogP contribution in [0.15, 0.2) is 89.8 Å². The Kier molecular flexibility index (Phi) is 6.48. The first-order valence-electron chi connectivity index (χ1n) is 9.17. The molecule has 3 aromatic carbocycles. The second-order valence-electron chi connectivity index (χ2n) is 6.61. The summed E-state index contributed by atoms with van der Waals surface area (Å²) in [5.41, 5.74) is 6.93. The summed E-state index contributed by atoms with van der Waals surface area (Å²) in [4.78, 5) is 24.3. The molecule has 1 atom stereocenters. The van der Waals surface area contributed by atoms with Crippen molar-refractivity contribution in [3.8, 4) is 0 Å². The summed E-state index contributed by atoms with van der Waals surface area (Å²) >= 11 is 0. The van der Waals surface area contributed by atoms with Gasteiger partial charge in [-0.25, -0.2) is 8.42 Å². The van der Waals surface area contributed by atoms with Gasteiger partial charge in [0.1, 0.15) is 6.04 Å². The van der Waals surface area contributed by atoms with E-state index in [9.17, 15) is 18.0 Å². The van der Waals surface area contributed by atoms with Gasteiger partial charge in [-0.15, -0.1) is 0 Å². The molecule has 0 aliphatic carbocycles. The van der Waals surface area contributed by atoms with Gasteiger partial charge in [0, 0.05) is 17.7 Å². The van der Waals surface area contributed by atoms with Gasteiger partial charge < -0.3 is 11.1 Å². The zero-order valence-corrected chi connectivity index (χ0v) is 16.8. The van der Waals surface area contributed by atoms with Crippen molar-refractivity contribution in [2.45, 2.75) is 17.4 Å². The molecule has 0 saturated heterocycles. The molecule has 0 fully saturated rings. The summed E-state index contributed by atoms with van der Waals surface area (Å²) in [5.74, 6) is -1.17. The Morgan fingerprint density at radius 1 is 0.833 bits per heavy atom. The van der Waals surface area contributed by atoms with Gasteiger partial charge in [-0.3, -0.25) is 14.3 Å². The third-order valence-corrected chi connectivity index (χ3v) is 5.78. The van der Waals surface area contributed by atoms with Crippen LogP contribution in [0.5, 0.6) is 0 Å². The number of rotatable bonds is 8. The summed E-state index contributed by atoms with van der Waals surface area (Å²) in [6, 6.07) is 22.2. The number of carbonyl (C=O) groups excluding carboxylic acids is 2. The van der Waals surface area contributed by atoms with E-state index in [0.29, 0.717) is 5.69 Å². The van der Waals surface area contributed by atoms with E-state index in [-0.39, 0.29) is 16.9 Å². The number of para-hydroxylation sites is 1. The van der Waals surface area contributed by atoms with Crippen LogP contribution in [0.3, 0.4) is 0 Å². The highest BCUT2D eigenvalue weighted by Crippen LogP contribution is 2.16. The molecule has 0 aliphatic rings. The van der Waals surface area contributed by atoms with E-state index in [1.807, 2.05) is 30.3 Å². The third-order valence-electron chi connectivity index (χ3n) is 4.38. The monoisotopic (exact) mass is 423 g/mol. The molecule has 0 bridgehead atoms. The van der Waals surface area contributed by atoms with Gasteiger partial charge in [-0.05, 0) is 42.0 Å². The molecular weight excluding hydrogens is 402 g/mol. The number of sulfonamides is 1. The summed E-state index contributed by atoms with van der Waals surface area (Å²) in [6.45, 7) is 0. The van der Waals surface area contributed by atoms with Crippen molar-refractivity contribution in [3.63, 3.8) is 0 Å². The van der Waals surface area contributed by atoms with Crippen molar-refractivity contribution < 1.29 is 18.0 Å². The van der Waals surface area contributed by atoms with Gasteiger partial charge >= 0.3 is 0 Å². The largest absolute Gasteiger partial charge is 0.368 e. The van der Waals surface area contributed by atoms with E-state index in [0.717, 1.165) is 5.56 Å². The van der Waals surface area contributed by atoms with Gasteiger partial charge in [0.15, 0.2) is 0 Å². The number of primary amides is 1. The van der Waals surface area contributed by atoms with Gasteiger partial charge in [0.2, 0.25) is 5.91 Å². The van der Waals surface area contributed by atoms with Crippen LogP contribution < -0.4 is 15.8 Å². The molecule has 7 nitrogen and oxygen atoms in total. The number of anilines is 1. The van der Waals surface area contributed by atoms with Crippen LogP contribution in [0.25, 0.3) is 0 Å². The van der Waals surface area contributed by atoms with Gasteiger partial charge in [0.25, 0.3) is 15.9 Å². The zero-order valence-electron chi connectivity index (χ0n) is 16.0. The predicted molar refractivity (Wildman–Crippen MR) is 114 cm³/mol. The van der Waals surface area contributed by atoms with E-state index >= 15 is 0 Å². The lowest BCUT2D eigenvalue weighted by Gasteiger charge is -2.16. The molecule has 3 aromatic rings. The quantitative estimate of drug-likeness (QED) is 0.515. The molecule has 1 unspecified atom stereocenters. The molecule has 0 saturated carbocycles. The summed E-state index contributed by atoms with van der Waals surface area (Å²) in [6.07, 6.45) is 0.259. The Morgan fingerprint density at radius 3 is 1.97 bits per heavy atom. The second kappa shape index (κ2) is 9.23. The molecule has 0 heterocycles. The lowest BCUT2D eigenvalue weighted by atomic mass is 10.0. The SMILES string of the molecule is NC(=O)C(Cc1ccccc1)NC(=O)c1ccc(S(=O)(=O)Nc2ccccc2)cc1. The predicted octanol–water partition coefficient (Wildman–Crippen LogP) is 2.31. The van der Waals surface area contributed by atoms with E-state index < -0.39 is 27.9 Å². The minimum Gasteiger partial charge on any atom is -0.368 e. The van der Waals surface area contributed by atoms with Crippen molar-refractivity contribution in [1.82, 2.24) is 5.32 Å². The van der Waals surface area contributed by atoms with E-state index in [2.05, 4.69) is 10.0 Å². The van der Waals surface area contributed by atoms with Crippen LogP contribution in [-0.4, -0.2) is 26.3 Å². The Bertz CT molecular complexity index is 1120. The maximum absolute atomic E-state index is 12.5. The standard InChI is InChI=1S/C22H21N3O4S/c23-21(26)20(15-16-7-3-1-4-8-16)24-22(27)17-11-13-19(14-12-17)30(28,29)25-18-9-5-2-6-10-18/h1-14,20,25H,15H2,(H2,23,26)(H,24,27). The minimum atomic E-state index is -3.79. The lowest BCUT2D eigenvalue weighted by Crippen LogP contribution is -2.45. The fraction of sp³-hybridized carbons (Fsp3) is 0.0909. The fourth-order valence-electron chi connectivity index (χ4n) is 2.82. The number of carbonyl (C=O) groups is 2. The average molecular weight is 423 g/mol. The Morgan fingerprint density at radius 2 is 1.40 bits per heavy atom. The normalized spacial score (nSPS) is 12.0. The highest BCUT2D eigenvalue weighted by atomic mass is 32.2. The van der Waals surface area contributed by atoms with Crippen LogP contribution >= 0.6 is 0 Å². The van der Waals surface area contributed by atoms with Crippen molar-refractivity contribution >= 4 is 27.5 Å². The van der Waals surface area contributed by atoms with Crippen LogP contribution in [0.4, 0.5) is 5.69 Å². The minimum absolute atomic E-state index is 0.0126. The molecule has 0 aromatic heterocycles. The van der Waals surface area contributed by atoms with Crippen LogP contribution in [0.1, 0.15) is 15.9 Å². The van der Waals surface area contributed by atoms with Crippen LogP contribution in [-0.2, 0) is 21.2 Å². The van der Waals surface area contributed by atoms with Gasteiger partial charge in [-0.1, -0.05) is 48.5 Å². The smallest absolute Gasteiger partial charge is 0.261 e. The molecule has 4 N–H and O–H groups in total. The van der Waals surface area contributed by atoms with E-state index in [1.54, 1.807) is 30.3 Å². The number of amides is 2. The van der Waals surface area contributed by atoms with Crippen LogP contribution in [0, 0.1) is 0 Å². The maximum atomic E-state index is 12.5. The number of nitrogens with one attached hydrogen (secondary N) is 2. The molecule has 2 amide bonds. The Balaban J connectivity index is 1.70. The number of hydrogen-bond donors (Lipinski definition) is 3. The third kappa shape index (κ3) is 5.45. The van der Waals surface area contributed by atoms with Gasteiger partial charge in [-0.2, -0.15) is 0 Å². The number of benzene rings is 3. The first-order chi connectivity index (χ1) is 14.3. The van der Waals surface area contributed by atoms with Crippen molar-refractivity contribution in [2.75, 3.05) is 4.72 Å².